The van der Waals surface area contributed by atoms with Gasteiger partial charge in [-0.3, -0.25) is 9.59 Å². The summed E-state index contributed by atoms with van der Waals surface area (Å²) in [6.45, 7) is 8.07. The number of imidazole rings is 1. The van der Waals surface area contributed by atoms with Gasteiger partial charge in [0.25, 0.3) is 5.91 Å². The first-order chi connectivity index (χ1) is 16.1. The number of fused-ring (bicyclic) bond motifs is 1. The molecule has 7 nitrogen and oxygen atoms in total. The van der Waals surface area contributed by atoms with Crippen LogP contribution in [0.5, 0.6) is 0 Å². The van der Waals surface area contributed by atoms with Gasteiger partial charge < -0.3 is 19.9 Å². The van der Waals surface area contributed by atoms with Gasteiger partial charge in [-0.05, 0) is 55.8 Å². The molecule has 0 aliphatic heterocycles. The molecular weight excluding hydrogens is 436 g/mol. The first-order valence-electron chi connectivity index (χ1n) is 11.7. The van der Waals surface area contributed by atoms with Gasteiger partial charge in [-0.2, -0.15) is 0 Å². The normalized spacial score (nSPS) is 11.3. The number of nitrogens with one attached hydrogen (secondary N) is 2. The van der Waals surface area contributed by atoms with E-state index in [0.29, 0.717) is 31.4 Å². The summed E-state index contributed by atoms with van der Waals surface area (Å²) in [4.78, 5) is 30.8. The van der Waals surface area contributed by atoms with E-state index in [1.165, 1.54) is 4.88 Å². The number of amides is 2. The van der Waals surface area contributed by atoms with E-state index in [9.17, 15) is 9.59 Å². The van der Waals surface area contributed by atoms with Crippen LogP contribution in [-0.4, -0.2) is 47.7 Å². The maximum atomic E-state index is 12.7. The number of ether oxygens (including phenoxy) is 1. The SMILES string of the molecule is CCOCCCNC(=O)CNC(=O)c1ccc2c(c1)nc(Cc1cccs1)n2C(CC)CC. The number of thiophene rings is 1. The summed E-state index contributed by atoms with van der Waals surface area (Å²) in [6.07, 6.45) is 3.55. The van der Waals surface area contributed by atoms with E-state index < -0.39 is 0 Å². The number of benzene rings is 1. The monoisotopic (exact) mass is 470 g/mol. The van der Waals surface area contributed by atoms with Crippen LogP contribution >= 0.6 is 11.3 Å². The number of carbonyl (C=O) groups is 2. The molecule has 33 heavy (non-hydrogen) atoms. The maximum absolute atomic E-state index is 12.7. The van der Waals surface area contributed by atoms with Gasteiger partial charge in [0.1, 0.15) is 5.82 Å². The molecule has 2 aromatic heterocycles. The average Bonchev–Trinajstić information content (AvgIpc) is 3.46. The second kappa shape index (κ2) is 12.5. The summed E-state index contributed by atoms with van der Waals surface area (Å²) >= 11 is 1.73. The first-order valence-corrected chi connectivity index (χ1v) is 12.6. The van der Waals surface area contributed by atoms with Gasteiger partial charge in [0.2, 0.25) is 5.91 Å². The molecule has 3 aromatic rings. The van der Waals surface area contributed by atoms with Crippen molar-refractivity contribution < 1.29 is 14.3 Å². The molecule has 0 atom stereocenters. The largest absolute Gasteiger partial charge is 0.382 e. The highest BCUT2D eigenvalue weighted by Crippen LogP contribution is 2.28. The van der Waals surface area contributed by atoms with Gasteiger partial charge in [-0.15, -0.1) is 11.3 Å². The minimum atomic E-state index is -0.279. The second-order valence-electron chi connectivity index (χ2n) is 7.91. The molecular formula is C25H34N4O3S. The fourth-order valence-electron chi connectivity index (χ4n) is 3.92. The standard InChI is InChI=1S/C25H34N4O3S/c1-4-19(5-2)29-22-11-10-18(15-21(22)28-23(29)16-20-9-7-14-33-20)25(31)27-17-24(30)26-12-8-13-32-6-3/h7,9-11,14-15,19H,4-6,8,12-13,16-17H2,1-3H3,(H,26,30)(H,27,31). The van der Waals surface area contributed by atoms with Crippen LogP contribution in [0.15, 0.2) is 35.7 Å². The molecule has 0 radical (unpaired) electrons. The van der Waals surface area contributed by atoms with Crippen molar-refractivity contribution in [1.82, 2.24) is 20.2 Å². The Kier molecular flexibility index (Phi) is 9.45. The predicted octanol–water partition coefficient (Wildman–Crippen LogP) is 4.32. The quantitative estimate of drug-likeness (QED) is 0.364. The molecule has 0 unspecified atom stereocenters. The lowest BCUT2D eigenvalue weighted by Crippen LogP contribution is -2.37. The van der Waals surface area contributed by atoms with E-state index in [2.05, 4.69) is 46.6 Å². The molecule has 0 bridgehead atoms. The number of hydrogen-bond donors (Lipinski definition) is 2. The van der Waals surface area contributed by atoms with E-state index in [1.54, 1.807) is 11.3 Å². The van der Waals surface area contributed by atoms with Crippen molar-refractivity contribution in [3.05, 3.63) is 52.0 Å². The molecule has 2 heterocycles. The van der Waals surface area contributed by atoms with Crippen LogP contribution in [0.3, 0.4) is 0 Å². The maximum Gasteiger partial charge on any atom is 0.251 e. The summed E-state index contributed by atoms with van der Waals surface area (Å²) in [6, 6.07) is 10.1. The fourth-order valence-corrected chi connectivity index (χ4v) is 4.62. The third-order valence-corrected chi connectivity index (χ3v) is 6.52. The summed E-state index contributed by atoms with van der Waals surface area (Å²) in [5, 5.41) is 7.57. The Labute approximate surface area is 199 Å². The fraction of sp³-hybridized carbons (Fsp3) is 0.480. The van der Waals surface area contributed by atoms with Gasteiger partial charge in [0.05, 0.1) is 17.6 Å². The minimum absolute atomic E-state index is 0.0582. The van der Waals surface area contributed by atoms with Crippen molar-refractivity contribution in [2.24, 2.45) is 0 Å². The molecule has 8 heteroatoms. The minimum Gasteiger partial charge on any atom is -0.382 e. The van der Waals surface area contributed by atoms with E-state index in [-0.39, 0.29) is 18.4 Å². The third kappa shape index (κ3) is 6.65. The Morgan fingerprint density at radius 2 is 1.97 bits per heavy atom. The molecule has 0 saturated heterocycles. The number of nitrogens with zero attached hydrogens (tertiary/aromatic N) is 2. The second-order valence-corrected chi connectivity index (χ2v) is 8.94. The smallest absolute Gasteiger partial charge is 0.251 e. The highest BCUT2D eigenvalue weighted by Gasteiger charge is 2.19. The average molecular weight is 471 g/mol. The zero-order chi connectivity index (χ0) is 23.6. The Morgan fingerprint density at radius 1 is 1.15 bits per heavy atom. The first kappa shape index (κ1) is 24.9. The van der Waals surface area contributed by atoms with Crippen LogP contribution in [0.1, 0.15) is 67.1 Å². The van der Waals surface area contributed by atoms with Gasteiger partial charge in [-0.1, -0.05) is 19.9 Å². The van der Waals surface area contributed by atoms with Gasteiger partial charge in [-0.25, -0.2) is 4.98 Å². The van der Waals surface area contributed by atoms with Crippen LogP contribution < -0.4 is 10.6 Å². The zero-order valence-corrected chi connectivity index (χ0v) is 20.5. The molecule has 2 N–H and O–H groups in total. The predicted molar refractivity (Wildman–Crippen MR) is 133 cm³/mol. The number of hydrogen-bond acceptors (Lipinski definition) is 5. The summed E-state index contributed by atoms with van der Waals surface area (Å²) < 4.78 is 7.57. The number of rotatable bonds is 13. The van der Waals surface area contributed by atoms with Gasteiger partial charge >= 0.3 is 0 Å². The molecule has 0 fully saturated rings. The summed E-state index contributed by atoms with van der Waals surface area (Å²) in [5.41, 5.74) is 2.35. The Bertz CT molecular complexity index is 1040. The molecule has 0 spiro atoms. The third-order valence-electron chi connectivity index (χ3n) is 5.65. The molecule has 0 aliphatic carbocycles. The number of aromatic nitrogens is 2. The lowest BCUT2D eigenvalue weighted by molar-refractivity contribution is -0.120. The van der Waals surface area contributed by atoms with Crippen molar-refractivity contribution in [2.45, 2.75) is 52.5 Å². The van der Waals surface area contributed by atoms with Crippen LogP contribution in [0.4, 0.5) is 0 Å². The Morgan fingerprint density at radius 3 is 2.67 bits per heavy atom. The lowest BCUT2D eigenvalue weighted by Gasteiger charge is -2.18. The van der Waals surface area contributed by atoms with Crippen molar-refractivity contribution in [3.8, 4) is 0 Å². The molecule has 3 rings (SSSR count). The molecule has 178 valence electrons. The molecule has 2 amide bonds. The van der Waals surface area contributed by atoms with E-state index in [0.717, 1.165) is 42.5 Å². The van der Waals surface area contributed by atoms with Gasteiger partial charge in [0.15, 0.2) is 0 Å². The topological polar surface area (TPSA) is 85.2 Å². The lowest BCUT2D eigenvalue weighted by atomic mass is 10.1. The molecule has 1 aromatic carbocycles. The Balaban J connectivity index is 1.70. The summed E-state index contributed by atoms with van der Waals surface area (Å²) in [5.74, 6) is 0.528. The highest BCUT2D eigenvalue weighted by atomic mass is 32.1. The summed E-state index contributed by atoms with van der Waals surface area (Å²) in [7, 11) is 0. The molecule has 0 aliphatic rings. The molecule has 0 saturated carbocycles. The van der Waals surface area contributed by atoms with Crippen LogP contribution in [0.2, 0.25) is 0 Å². The zero-order valence-electron chi connectivity index (χ0n) is 19.7. The van der Waals surface area contributed by atoms with Crippen LogP contribution in [0, 0.1) is 0 Å². The van der Waals surface area contributed by atoms with E-state index >= 15 is 0 Å². The van der Waals surface area contributed by atoms with E-state index in [1.807, 2.05) is 25.1 Å². The van der Waals surface area contributed by atoms with Crippen LogP contribution in [-0.2, 0) is 16.0 Å². The van der Waals surface area contributed by atoms with Crippen molar-refractivity contribution >= 4 is 34.2 Å². The number of carbonyl (C=O) groups excluding carboxylic acids is 2. The Hall–Kier alpha value is -2.71. The van der Waals surface area contributed by atoms with E-state index in [4.69, 9.17) is 9.72 Å². The van der Waals surface area contributed by atoms with Crippen molar-refractivity contribution in [3.63, 3.8) is 0 Å². The van der Waals surface area contributed by atoms with Crippen molar-refractivity contribution in [1.29, 1.82) is 0 Å². The van der Waals surface area contributed by atoms with Crippen molar-refractivity contribution in [2.75, 3.05) is 26.3 Å². The van der Waals surface area contributed by atoms with Gasteiger partial charge in [0, 0.05) is 42.7 Å². The van der Waals surface area contributed by atoms with Crippen LogP contribution in [0.25, 0.3) is 11.0 Å². The highest BCUT2D eigenvalue weighted by molar-refractivity contribution is 7.09.